The summed E-state index contributed by atoms with van der Waals surface area (Å²) in [7, 11) is 0. The predicted molar refractivity (Wildman–Crippen MR) is 249 cm³/mol. The zero-order valence-electron chi connectivity index (χ0n) is 36.6. The Morgan fingerprint density at radius 3 is 1.67 bits per heavy atom. The zero-order chi connectivity index (χ0) is 42.4. The second-order valence-electron chi connectivity index (χ2n) is 18.2. The summed E-state index contributed by atoms with van der Waals surface area (Å²) in [6.07, 6.45) is 24.7. The molecular weight excluding hydrogens is 785 g/mol. The molecule has 11 rings (SSSR count). The molecule has 0 bridgehead atoms. The van der Waals surface area contributed by atoms with Crippen LogP contribution < -0.4 is 5.32 Å². The first-order chi connectivity index (χ1) is 31.1. The van der Waals surface area contributed by atoms with E-state index in [1.165, 1.54) is 58.6 Å². The zero-order valence-corrected chi connectivity index (χ0v) is 36.6. The fourth-order valence-corrected chi connectivity index (χ4v) is 10.1. The molecule has 0 saturated carbocycles. The van der Waals surface area contributed by atoms with Gasteiger partial charge in [0.25, 0.3) is 0 Å². The number of carbonyl (C=O) groups excluding carboxylic acids is 1. The number of rotatable bonds is 10. The summed E-state index contributed by atoms with van der Waals surface area (Å²) in [6, 6.07) is 28.0. The molecule has 7 aromatic rings. The molecule has 4 aliphatic heterocycles. The van der Waals surface area contributed by atoms with Crippen molar-refractivity contribution < 1.29 is 14.3 Å². The van der Waals surface area contributed by atoms with Crippen molar-refractivity contribution in [3.8, 4) is 22.3 Å². The number of amides is 1. The molecule has 4 aliphatic rings. The number of piperidine rings is 2. The normalized spacial score (nSPS) is 20.2. The maximum atomic E-state index is 12.7. The van der Waals surface area contributed by atoms with Gasteiger partial charge in [-0.15, -0.1) is 0 Å². The van der Waals surface area contributed by atoms with Crippen molar-refractivity contribution in [2.45, 2.75) is 96.2 Å². The predicted octanol–water partition coefficient (Wildman–Crippen LogP) is 9.89. The van der Waals surface area contributed by atoms with Crippen LogP contribution in [-0.4, -0.2) is 78.9 Å². The maximum Gasteiger partial charge on any atom is 0.226 e. The molecule has 2 atom stereocenters. The highest BCUT2D eigenvalue weighted by Gasteiger charge is 2.24. The molecule has 0 spiro atoms. The van der Waals surface area contributed by atoms with Gasteiger partial charge in [0.2, 0.25) is 5.91 Å². The van der Waals surface area contributed by atoms with Crippen molar-refractivity contribution in [1.82, 2.24) is 38.9 Å². The molecule has 1 N–H and O–H groups in total. The number of carbonyl (C=O) groups is 1. The minimum Gasteiger partial charge on any atom is -0.357 e. The van der Waals surface area contributed by atoms with Crippen LogP contribution in [0.4, 0.5) is 0 Å². The Hall–Kier alpha value is -5.49. The molecule has 0 aliphatic carbocycles. The summed E-state index contributed by atoms with van der Waals surface area (Å²) < 4.78 is 20.5. The molecule has 4 aromatic heterocycles. The van der Waals surface area contributed by atoms with Gasteiger partial charge in [-0.25, -0.2) is 9.36 Å². The Morgan fingerprint density at radius 2 is 1.14 bits per heavy atom. The fourth-order valence-electron chi connectivity index (χ4n) is 10.1. The maximum absolute atomic E-state index is 12.7. The van der Waals surface area contributed by atoms with E-state index in [4.69, 9.17) is 9.47 Å². The number of nitrogens with zero attached hydrogens (tertiary/aromatic N) is 7. The molecule has 1 amide bonds. The van der Waals surface area contributed by atoms with Crippen LogP contribution in [0.1, 0.15) is 82.2 Å². The van der Waals surface area contributed by atoms with Crippen molar-refractivity contribution in [1.29, 1.82) is 0 Å². The lowest BCUT2D eigenvalue weighted by Crippen LogP contribution is -2.40. The molecule has 11 nitrogen and oxygen atoms in total. The van der Waals surface area contributed by atoms with Crippen LogP contribution in [0.15, 0.2) is 116 Å². The largest absolute Gasteiger partial charge is 0.357 e. The van der Waals surface area contributed by atoms with Gasteiger partial charge >= 0.3 is 0 Å². The Labute approximate surface area is 371 Å². The van der Waals surface area contributed by atoms with E-state index in [0.717, 1.165) is 114 Å². The standard InChI is InChI=1S/C30H34N4O2.C22H28N4O/c35-29(18-23-6-2-1-3-7-23)32-14-11-24(12-15-32)21-33-16-13-26-19-25(9-10-28(26)33)27-20-31-34(22-27)30-8-4-5-17-36-30;1-2-12-27-22(3-1)26-16-20(14-24-26)18-4-5-21-19(13-18)8-11-25(21)15-17-6-9-23-10-7-17/h1-3,6-7,9-10,13,16,19-20,22,24,30H,4-5,8,11-12,14-15,17-18,21H2;4-5,8,11,13-14,16-17,22-23H,1-3,6-7,9-10,12,15H2. The highest BCUT2D eigenvalue weighted by molar-refractivity contribution is 5.86. The van der Waals surface area contributed by atoms with Crippen LogP contribution in [0.3, 0.4) is 0 Å². The van der Waals surface area contributed by atoms with Gasteiger partial charge in [-0.1, -0.05) is 42.5 Å². The quantitative estimate of drug-likeness (QED) is 0.147. The molecule has 328 valence electrons. The second kappa shape index (κ2) is 19.5. The Morgan fingerprint density at radius 1 is 0.603 bits per heavy atom. The number of likely N-dealkylation sites (tertiary alicyclic amines) is 1. The van der Waals surface area contributed by atoms with Crippen molar-refractivity contribution in [3.05, 3.63) is 122 Å². The minimum absolute atomic E-state index is 0.0670. The van der Waals surface area contributed by atoms with Crippen molar-refractivity contribution >= 4 is 27.7 Å². The summed E-state index contributed by atoms with van der Waals surface area (Å²) >= 11 is 0. The Balaban J connectivity index is 0.000000156. The van der Waals surface area contributed by atoms with Crippen LogP contribution in [0.2, 0.25) is 0 Å². The average molecular weight is 847 g/mol. The van der Waals surface area contributed by atoms with Gasteiger partial charge in [-0.05, 0) is 142 Å². The lowest BCUT2D eigenvalue weighted by molar-refractivity contribution is -0.131. The van der Waals surface area contributed by atoms with E-state index >= 15 is 0 Å². The summed E-state index contributed by atoms with van der Waals surface area (Å²) in [4.78, 5) is 14.8. The Bertz CT molecular complexity index is 2560. The molecule has 4 saturated heterocycles. The van der Waals surface area contributed by atoms with Crippen LogP contribution in [-0.2, 0) is 33.8 Å². The highest BCUT2D eigenvalue weighted by atomic mass is 16.5. The summed E-state index contributed by atoms with van der Waals surface area (Å²) in [5, 5.41) is 15.2. The third-order valence-corrected chi connectivity index (χ3v) is 13.8. The van der Waals surface area contributed by atoms with Crippen LogP contribution in [0, 0.1) is 11.8 Å². The molecule has 4 fully saturated rings. The number of nitrogens with one attached hydrogen (secondary N) is 1. The number of hydrogen-bond donors (Lipinski definition) is 1. The van der Waals surface area contributed by atoms with Crippen LogP contribution in [0.5, 0.6) is 0 Å². The molecular formula is C52H62N8O3. The molecule has 11 heteroatoms. The van der Waals surface area contributed by atoms with Gasteiger partial charge in [-0.3, -0.25) is 4.79 Å². The van der Waals surface area contributed by atoms with Crippen molar-refractivity contribution in [3.63, 3.8) is 0 Å². The molecule has 63 heavy (non-hydrogen) atoms. The van der Waals surface area contributed by atoms with E-state index < -0.39 is 0 Å². The third kappa shape index (κ3) is 9.86. The first-order valence-electron chi connectivity index (χ1n) is 23.6. The first kappa shape index (κ1) is 41.5. The molecule has 2 unspecified atom stereocenters. The fraction of sp³-hybridized carbons (Fsp3) is 0.442. The molecule has 8 heterocycles. The first-order valence-corrected chi connectivity index (χ1v) is 23.6. The third-order valence-electron chi connectivity index (χ3n) is 13.8. The number of fused-ring (bicyclic) bond motifs is 2. The SMILES string of the molecule is O=C(Cc1ccccc1)N1CCC(Cn2ccc3cc(-c4cnn(C5CCCCO5)c4)ccc32)CC1.c1cc2c(ccn2CC2CCNCC2)cc1-c1cnn(C2CCCCO2)c1. The van der Waals surface area contributed by atoms with E-state index in [2.05, 4.69) is 98.0 Å². The van der Waals surface area contributed by atoms with Gasteiger partial charge in [0.15, 0.2) is 0 Å². The van der Waals surface area contributed by atoms with E-state index in [1.54, 1.807) is 0 Å². The number of benzene rings is 3. The Kier molecular flexibility index (Phi) is 12.8. The topological polar surface area (TPSA) is 96.3 Å². The number of aromatic nitrogens is 6. The minimum atomic E-state index is 0.0670. The second-order valence-corrected chi connectivity index (χ2v) is 18.2. The molecule has 3 aromatic carbocycles. The smallest absolute Gasteiger partial charge is 0.226 e. The summed E-state index contributed by atoms with van der Waals surface area (Å²) in [6.45, 7) is 7.81. The summed E-state index contributed by atoms with van der Waals surface area (Å²) in [5.41, 5.74) is 8.40. The van der Waals surface area contributed by atoms with Gasteiger partial charge < -0.3 is 28.8 Å². The highest BCUT2D eigenvalue weighted by Crippen LogP contribution is 2.31. The van der Waals surface area contributed by atoms with Crippen LogP contribution in [0.25, 0.3) is 44.1 Å². The lowest BCUT2D eigenvalue weighted by atomic mass is 9.96. The van der Waals surface area contributed by atoms with Gasteiger partial charge in [-0.2, -0.15) is 10.2 Å². The van der Waals surface area contributed by atoms with Crippen molar-refractivity contribution in [2.24, 2.45) is 11.8 Å². The van der Waals surface area contributed by atoms with E-state index in [0.29, 0.717) is 12.3 Å². The van der Waals surface area contributed by atoms with Crippen molar-refractivity contribution in [2.75, 3.05) is 39.4 Å². The summed E-state index contributed by atoms with van der Waals surface area (Å²) in [5.74, 6) is 1.63. The van der Waals surface area contributed by atoms with E-state index in [1.807, 2.05) is 57.0 Å². The monoisotopic (exact) mass is 846 g/mol. The average Bonchev–Trinajstić information content (AvgIpc) is 4.19. The lowest BCUT2D eigenvalue weighted by Gasteiger charge is -2.32. The van der Waals surface area contributed by atoms with Gasteiger partial charge in [0.1, 0.15) is 12.5 Å². The van der Waals surface area contributed by atoms with Gasteiger partial charge in [0, 0.05) is 97.1 Å². The number of ether oxygens (including phenoxy) is 2. The van der Waals surface area contributed by atoms with Gasteiger partial charge in [0.05, 0.1) is 18.8 Å². The molecule has 0 radical (unpaired) electrons. The van der Waals surface area contributed by atoms with Crippen LogP contribution >= 0.6 is 0 Å². The number of hydrogen-bond acceptors (Lipinski definition) is 6. The van der Waals surface area contributed by atoms with E-state index in [-0.39, 0.29) is 18.4 Å². The van der Waals surface area contributed by atoms with E-state index in [9.17, 15) is 4.79 Å².